The molecule has 0 N–H and O–H groups in total. The van der Waals surface area contributed by atoms with Gasteiger partial charge in [-0.2, -0.15) is 0 Å². The standard InChI is InChI=1S/C21H23N5O/c1-16-6-8-23-13-19(16)21(27)26-10-3-5-18(15-26)20-24-9-11-25(20)14-17-4-2-7-22-12-17/h2,4,6-9,11-13,18H,3,5,10,14-15H2,1H3. The lowest BCUT2D eigenvalue weighted by Crippen LogP contribution is -2.40. The van der Waals surface area contributed by atoms with Crippen molar-refractivity contribution in [3.63, 3.8) is 0 Å². The van der Waals surface area contributed by atoms with Gasteiger partial charge in [0.15, 0.2) is 0 Å². The van der Waals surface area contributed by atoms with Crippen LogP contribution in [0.4, 0.5) is 0 Å². The molecule has 6 nitrogen and oxygen atoms in total. The highest BCUT2D eigenvalue weighted by atomic mass is 16.2. The van der Waals surface area contributed by atoms with E-state index in [1.165, 1.54) is 0 Å². The van der Waals surface area contributed by atoms with Gasteiger partial charge in [0.25, 0.3) is 5.91 Å². The zero-order valence-corrected chi connectivity index (χ0v) is 15.5. The highest BCUT2D eigenvalue weighted by Crippen LogP contribution is 2.27. The summed E-state index contributed by atoms with van der Waals surface area (Å²) in [7, 11) is 0. The molecule has 138 valence electrons. The van der Waals surface area contributed by atoms with E-state index in [0.29, 0.717) is 12.1 Å². The fourth-order valence-corrected chi connectivity index (χ4v) is 3.73. The third-order valence-corrected chi connectivity index (χ3v) is 5.17. The normalized spacial score (nSPS) is 17.1. The SMILES string of the molecule is Cc1ccncc1C(=O)N1CCCC(c2nccn2Cc2cccnc2)C1. The van der Waals surface area contributed by atoms with E-state index in [-0.39, 0.29) is 11.8 Å². The van der Waals surface area contributed by atoms with Crippen LogP contribution in [0.3, 0.4) is 0 Å². The Labute approximate surface area is 158 Å². The molecule has 1 aliphatic heterocycles. The molecule has 1 aliphatic rings. The molecule has 1 fully saturated rings. The van der Waals surface area contributed by atoms with Crippen LogP contribution in [0, 0.1) is 6.92 Å². The van der Waals surface area contributed by atoms with Crippen molar-refractivity contribution >= 4 is 5.91 Å². The van der Waals surface area contributed by atoms with Crippen molar-refractivity contribution < 1.29 is 4.79 Å². The van der Waals surface area contributed by atoms with Gasteiger partial charge in [0.05, 0.1) is 12.1 Å². The fraction of sp³-hybridized carbons (Fsp3) is 0.333. The smallest absolute Gasteiger partial charge is 0.255 e. The van der Waals surface area contributed by atoms with E-state index in [2.05, 4.69) is 25.6 Å². The van der Waals surface area contributed by atoms with E-state index >= 15 is 0 Å². The minimum Gasteiger partial charge on any atom is -0.338 e. The molecular formula is C21H23N5O. The van der Waals surface area contributed by atoms with Gasteiger partial charge in [0, 0.05) is 56.2 Å². The maximum absolute atomic E-state index is 13.0. The van der Waals surface area contributed by atoms with Crippen LogP contribution in [0.5, 0.6) is 0 Å². The highest BCUT2D eigenvalue weighted by molar-refractivity contribution is 5.95. The molecular weight excluding hydrogens is 338 g/mol. The second-order valence-electron chi connectivity index (χ2n) is 7.06. The minimum atomic E-state index is 0.0654. The number of aryl methyl sites for hydroxylation is 1. The predicted molar refractivity (Wildman–Crippen MR) is 102 cm³/mol. The van der Waals surface area contributed by atoms with Gasteiger partial charge < -0.3 is 9.47 Å². The van der Waals surface area contributed by atoms with E-state index in [1.54, 1.807) is 18.6 Å². The third kappa shape index (κ3) is 3.74. The fourth-order valence-electron chi connectivity index (χ4n) is 3.73. The molecule has 3 aromatic heterocycles. The van der Waals surface area contributed by atoms with Crippen molar-refractivity contribution in [1.29, 1.82) is 0 Å². The number of aromatic nitrogens is 4. The van der Waals surface area contributed by atoms with E-state index in [0.717, 1.165) is 42.9 Å². The Kier molecular flexibility index (Phi) is 4.96. The number of likely N-dealkylation sites (tertiary alicyclic amines) is 1. The first-order valence-corrected chi connectivity index (χ1v) is 9.32. The number of piperidine rings is 1. The first-order chi connectivity index (χ1) is 13.2. The maximum atomic E-state index is 13.0. The van der Waals surface area contributed by atoms with Gasteiger partial charge in [0.1, 0.15) is 5.82 Å². The summed E-state index contributed by atoms with van der Waals surface area (Å²) in [4.78, 5) is 27.8. The second-order valence-corrected chi connectivity index (χ2v) is 7.06. The van der Waals surface area contributed by atoms with E-state index < -0.39 is 0 Å². The van der Waals surface area contributed by atoms with E-state index in [1.807, 2.05) is 42.5 Å². The molecule has 1 saturated heterocycles. The van der Waals surface area contributed by atoms with Crippen molar-refractivity contribution in [1.82, 2.24) is 24.4 Å². The molecule has 0 spiro atoms. The number of hydrogen-bond donors (Lipinski definition) is 0. The summed E-state index contributed by atoms with van der Waals surface area (Å²) in [5, 5.41) is 0. The number of pyridine rings is 2. The molecule has 1 unspecified atom stereocenters. The lowest BCUT2D eigenvalue weighted by molar-refractivity contribution is 0.0702. The van der Waals surface area contributed by atoms with Crippen LogP contribution in [-0.2, 0) is 6.54 Å². The number of carbonyl (C=O) groups is 1. The molecule has 0 saturated carbocycles. The van der Waals surface area contributed by atoms with Crippen LogP contribution in [0.15, 0.2) is 55.4 Å². The quantitative estimate of drug-likeness (QED) is 0.716. The Morgan fingerprint density at radius 1 is 1.19 bits per heavy atom. The molecule has 0 bridgehead atoms. The highest BCUT2D eigenvalue weighted by Gasteiger charge is 2.28. The van der Waals surface area contributed by atoms with Crippen LogP contribution in [-0.4, -0.2) is 43.4 Å². The predicted octanol–water partition coefficient (Wildman–Crippen LogP) is 3.05. The van der Waals surface area contributed by atoms with Crippen molar-refractivity contribution in [2.45, 2.75) is 32.2 Å². The zero-order valence-electron chi connectivity index (χ0n) is 15.5. The first kappa shape index (κ1) is 17.4. The lowest BCUT2D eigenvalue weighted by atomic mass is 9.96. The van der Waals surface area contributed by atoms with Crippen LogP contribution < -0.4 is 0 Å². The van der Waals surface area contributed by atoms with Crippen molar-refractivity contribution in [3.05, 3.63) is 77.9 Å². The third-order valence-electron chi connectivity index (χ3n) is 5.17. The first-order valence-electron chi connectivity index (χ1n) is 9.32. The number of rotatable bonds is 4. The van der Waals surface area contributed by atoms with Gasteiger partial charge in [-0.25, -0.2) is 4.98 Å². The topological polar surface area (TPSA) is 63.9 Å². The summed E-state index contributed by atoms with van der Waals surface area (Å²) in [5.74, 6) is 1.35. The Balaban J connectivity index is 1.52. The molecule has 4 heterocycles. The molecule has 4 rings (SSSR count). The molecule has 6 heteroatoms. The maximum Gasteiger partial charge on any atom is 0.255 e. The molecule has 1 amide bonds. The van der Waals surface area contributed by atoms with Crippen LogP contribution in [0.25, 0.3) is 0 Å². The summed E-state index contributed by atoms with van der Waals surface area (Å²) in [6, 6.07) is 5.90. The largest absolute Gasteiger partial charge is 0.338 e. The molecule has 0 aliphatic carbocycles. The lowest BCUT2D eigenvalue weighted by Gasteiger charge is -2.33. The zero-order chi connectivity index (χ0) is 18.6. The van der Waals surface area contributed by atoms with E-state index in [9.17, 15) is 4.79 Å². The van der Waals surface area contributed by atoms with E-state index in [4.69, 9.17) is 0 Å². The summed E-state index contributed by atoms with van der Waals surface area (Å²) in [6.07, 6.45) is 12.9. The van der Waals surface area contributed by atoms with Crippen LogP contribution >= 0.6 is 0 Å². The summed E-state index contributed by atoms with van der Waals surface area (Å²) in [6.45, 7) is 4.18. The number of hydrogen-bond acceptors (Lipinski definition) is 4. The van der Waals surface area contributed by atoms with Gasteiger partial charge in [-0.15, -0.1) is 0 Å². The Morgan fingerprint density at radius 2 is 2.07 bits per heavy atom. The van der Waals surface area contributed by atoms with Crippen molar-refractivity contribution in [3.8, 4) is 0 Å². The Morgan fingerprint density at radius 3 is 2.89 bits per heavy atom. The summed E-state index contributed by atoms with van der Waals surface area (Å²) >= 11 is 0. The summed E-state index contributed by atoms with van der Waals surface area (Å²) in [5.41, 5.74) is 2.80. The Bertz CT molecular complexity index is 921. The summed E-state index contributed by atoms with van der Waals surface area (Å²) < 4.78 is 2.17. The van der Waals surface area contributed by atoms with Crippen LogP contribution in [0.2, 0.25) is 0 Å². The number of imidazole rings is 1. The molecule has 0 aromatic carbocycles. The number of carbonyl (C=O) groups excluding carboxylic acids is 1. The van der Waals surface area contributed by atoms with Crippen molar-refractivity contribution in [2.24, 2.45) is 0 Å². The molecule has 3 aromatic rings. The molecule has 1 atom stereocenters. The van der Waals surface area contributed by atoms with Gasteiger partial charge in [-0.05, 0) is 43.0 Å². The minimum absolute atomic E-state index is 0.0654. The number of amides is 1. The Hall–Kier alpha value is -3.02. The van der Waals surface area contributed by atoms with Gasteiger partial charge >= 0.3 is 0 Å². The van der Waals surface area contributed by atoms with Gasteiger partial charge in [0.2, 0.25) is 0 Å². The number of nitrogens with zero attached hydrogens (tertiary/aromatic N) is 5. The van der Waals surface area contributed by atoms with Crippen molar-refractivity contribution in [2.75, 3.05) is 13.1 Å². The van der Waals surface area contributed by atoms with Gasteiger partial charge in [-0.1, -0.05) is 6.07 Å². The average molecular weight is 361 g/mol. The molecule has 27 heavy (non-hydrogen) atoms. The van der Waals surface area contributed by atoms with Gasteiger partial charge in [-0.3, -0.25) is 14.8 Å². The second kappa shape index (κ2) is 7.70. The average Bonchev–Trinajstić information content (AvgIpc) is 3.17. The monoisotopic (exact) mass is 361 g/mol. The van der Waals surface area contributed by atoms with Crippen LogP contribution in [0.1, 0.15) is 46.1 Å². The molecule has 0 radical (unpaired) electrons.